The molecule has 1 amide bonds. The summed E-state index contributed by atoms with van der Waals surface area (Å²) in [6.45, 7) is 0.429. The first-order valence-electron chi connectivity index (χ1n) is 7.36. The highest BCUT2D eigenvalue weighted by molar-refractivity contribution is 6.36. The highest BCUT2D eigenvalue weighted by Gasteiger charge is 2.10. The molecule has 0 fully saturated rings. The monoisotopic (exact) mass is 377 g/mol. The lowest BCUT2D eigenvalue weighted by molar-refractivity contribution is 0.0952. The van der Waals surface area contributed by atoms with E-state index in [0.717, 1.165) is 0 Å². The molecule has 0 aliphatic rings. The lowest BCUT2D eigenvalue weighted by Crippen LogP contribution is -2.32. The van der Waals surface area contributed by atoms with Crippen LogP contribution in [0.5, 0.6) is 0 Å². The van der Waals surface area contributed by atoms with Gasteiger partial charge in [-0.3, -0.25) is 9.59 Å². The zero-order chi connectivity index (χ0) is 17.8. The summed E-state index contributed by atoms with van der Waals surface area (Å²) in [4.78, 5) is 24.0. The van der Waals surface area contributed by atoms with Gasteiger partial charge in [-0.25, -0.2) is 9.36 Å². The van der Waals surface area contributed by atoms with Gasteiger partial charge in [0, 0.05) is 30.0 Å². The van der Waals surface area contributed by atoms with Crippen LogP contribution in [0.3, 0.4) is 0 Å². The number of halogens is 2. The Bertz CT molecular complexity index is 953. The van der Waals surface area contributed by atoms with Crippen LogP contribution in [0.2, 0.25) is 10.0 Å². The van der Waals surface area contributed by atoms with E-state index in [2.05, 4.69) is 15.5 Å². The summed E-state index contributed by atoms with van der Waals surface area (Å²) in [7, 11) is 0. The Labute approximate surface area is 152 Å². The minimum atomic E-state index is -0.349. The number of carbonyl (C=O) groups is 1. The number of benzene rings is 1. The minimum Gasteiger partial charge on any atom is -0.350 e. The molecule has 1 N–H and O–H groups in total. The maximum atomic E-state index is 12.1. The zero-order valence-electron chi connectivity index (χ0n) is 12.9. The van der Waals surface area contributed by atoms with Crippen LogP contribution in [-0.2, 0) is 6.54 Å². The van der Waals surface area contributed by atoms with Gasteiger partial charge in [0.1, 0.15) is 0 Å². The topological polar surface area (TPSA) is 81.8 Å². The molecule has 0 aliphatic heterocycles. The molecule has 7 nitrogen and oxygen atoms in total. The van der Waals surface area contributed by atoms with Gasteiger partial charge in [0.05, 0.1) is 17.1 Å². The van der Waals surface area contributed by atoms with Crippen LogP contribution in [0.15, 0.2) is 53.6 Å². The first kappa shape index (κ1) is 17.2. The zero-order valence-corrected chi connectivity index (χ0v) is 14.4. The fourth-order valence-corrected chi connectivity index (χ4v) is 2.66. The lowest BCUT2D eigenvalue weighted by Gasteiger charge is -2.09. The Morgan fingerprint density at radius 2 is 2.04 bits per heavy atom. The average molecular weight is 378 g/mol. The fourth-order valence-electron chi connectivity index (χ4n) is 2.17. The summed E-state index contributed by atoms with van der Waals surface area (Å²) in [6, 6.07) is 9.37. The van der Waals surface area contributed by atoms with E-state index < -0.39 is 0 Å². The van der Waals surface area contributed by atoms with Gasteiger partial charge >= 0.3 is 0 Å². The number of nitrogens with zero attached hydrogens (tertiary/aromatic N) is 4. The second-order valence-electron chi connectivity index (χ2n) is 5.08. The SMILES string of the molecule is O=C(NCCn1nc(-n2cccn2)ccc1=O)c1ccc(Cl)cc1Cl. The summed E-state index contributed by atoms with van der Waals surface area (Å²) >= 11 is 11.8. The average Bonchev–Trinajstić information content (AvgIpc) is 3.11. The number of aromatic nitrogens is 4. The highest BCUT2D eigenvalue weighted by atomic mass is 35.5. The summed E-state index contributed by atoms with van der Waals surface area (Å²) in [6.07, 6.45) is 3.34. The van der Waals surface area contributed by atoms with E-state index in [-0.39, 0.29) is 29.6 Å². The van der Waals surface area contributed by atoms with Crippen molar-refractivity contribution in [2.45, 2.75) is 6.54 Å². The van der Waals surface area contributed by atoms with Gasteiger partial charge in [0.2, 0.25) is 0 Å². The third-order valence-electron chi connectivity index (χ3n) is 3.38. The number of nitrogens with one attached hydrogen (secondary N) is 1. The quantitative estimate of drug-likeness (QED) is 0.738. The van der Waals surface area contributed by atoms with E-state index in [1.165, 1.54) is 16.8 Å². The maximum Gasteiger partial charge on any atom is 0.266 e. The Morgan fingerprint density at radius 1 is 1.20 bits per heavy atom. The van der Waals surface area contributed by atoms with Gasteiger partial charge in [-0.05, 0) is 30.3 Å². The normalized spacial score (nSPS) is 10.6. The van der Waals surface area contributed by atoms with E-state index in [1.807, 2.05) is 0 Å². The molecule has 0 saturated carbocycles. The summed E-state index contributed by atoms with van der Waals surface area (Å²) in [5, 5.41) is 11.7. The number of carbonyl (C=O) groups excluding carboxylic acids is 1. The predicted octanol–water partition coefficient (Wildman–Crippen LogP) is 2.17. The molecule has 2 heterocycles. The first-order chi connectivity index (χ1) is 12.0. The molecule has 2 aromatic heterocycles. The van der Waals surface area contributed by atoms with Crippen LogP contribution >= 0.6 is 23.2 Å². The Hall–Kier alpha value is -2.64. The summed E-state index contributed by atoms with van der Waals surface area (Å²) < 4.78 is 2.81. The predicted molar refractivity (Wildman–Crippen MR) is 94.4 cm³/mol. The summed E-state index contributed by atoms with van der Waals surface area (Å²) in [5.41, 5.74) is 0.0475. The van der Waals surface area contributed by atoms with E-state index >= 15 is 0 Å². The van der Waals surface area contributed by atoms with Crippen molar-refractivity contribution >= 4 is 29.1 Å². The van der Waals surface area contributed by atoms with Gasteiger partial charge in [-0.1, -0.05) is 23.2 Å². The second kappa shape index (κ2) is 7.50. The molecule has 128 valence electrons. The van der Waals surface area contributed by atoms with E-state index in [9.17, 15) is 9.59 Å². The molecule has 3 aromatic rings. The Kier molecular flexibility index (Phi) is 5.16. The molecular formula is C16H13Cl2N5O2. The molecular weight excluding hydrogens is 365 g/mol. The van der Waals surface area contributed by atoms with Gasteiger partial charge in [-0.15, -0.1) is 5.10 Å². The van der Waals surface area contributed by atoms with Crippen molar-refractivity contribution in [3.8, 4) is 5.82 Å². The lowest BCUT2D eigenvalue weighted by atomic mass is 10.2. The van der Waals surface area contributed by atoms with Crippen molar-refractivity contribution in [3.05, 3.63) is 74.8 Å². The van der Waals surface area contributed by atoms with Gasteiger partial charge < -0.3 is 5.32 Å². The van der Waals surface area contributed by atoms with Crippen molar-refractivity contribution in [1.29, 1.82) is 0 Å². The third-order valence-corrected chi connectivity index (χ3v) is 3.92. The van der Waals surface area contributed by atoms with Crippen molar-refractivity contribution in [3.63, 3.8) is 0 Å². The van der Waals surface area contributed by atoms with Crippen molar-refractivity contribution < 1.29 is 4.79 Å². The number of hydrogen-bond donors (Lipinski definition) is 1. The molecule has 0 radical (unpaired) electrons. The van der Waals surface area contributed by atoms with Crippen LogP contribution in [0.1, 0.15) is 10.4 Å². The van der Waals surface area contributed by atoms with Crippen LogP contribution in [0, 0.1) is 0 Å². The largest absolute Gasteiger partial charge is 0.350 e. The highest BCUT2D eigenvalue weighted by Crippen LogP contribution is 2.20. The molecule has 3 rings (SSSR count). The second-order valence-corrected chi connectivity index (χ2v) is 5.93. The Balaban J connectivity index is 1.67. The minimum absolute atomic E-state index is 0.213. The van der Waals surface area contributed by atoms with Crippen LogP contribution < -0.4 is 10.9 Å². The van der Waals surface area contributed by atoms with Crippen LogP contribution in [0.4, 0.5) is 0 Å². The molecule has 1 aromatic carbocycles. The van der Waals surface area contributed by atoms with E-state index in [0.29, 0.717) is 16.4 Å². The maximum absolute atomic E-state index is 12.1. The molecule has 0 aliphatic carbocycles. The molecule has 0 bridgehead atoms. The standard InChI is InChI=1S/C16H13Cl2N5O2/c17-11-2-3-12(13(18)10-11)16(25)19-7-9-23-15(24)5-4-14(21-23)22-8-1-6-20-22/h1-6,8,10H,7,9H2,(H,19,25). The number of amides is 1. The molecule has 9 heteroatoms. The molecule has 0 atom stereocenters. The fraction of sp³-hybridized carbons (Fsp3) is 0.125. The third kappa shape index (κ3) is 4.07. The van der Waals surface area contributed by atoms with Crippen LogP contribution in [0.25, 0.3) is 5.82 Å². The molecule has 0 unspecified atom stereocenters. The Morgan fingerprint density at radius 3 is 2.76 bits per heavy atom. The van der Waals surface area contributed by atoms with Crippen molar-refractivity contribution in [2.75, 3.05) is 6.54 Å². The number of hydrogen-bond acceptors (Lipinski definition) is 4. The molecule has 25 heavy (non-hydrogen) atoms. The smallest absolute Gasteiger partial charge is 0.266 e. The molecule has 0 spiro atoms. The first-order valence-corrected chi connectivity index (χ1v) is 8.11. The van der Waals surface area contributed by atoms with Gasteiger partial charge in [0.15, 0.2) is 5.82 Å². The van der Waals surface area contributed by atoms with E-state index in [4.69, 9.17) is 23.2 Å². The van der Waals surface area contributed by atoms with E-state index in [1.54, 1.807) is 41.3 Å². The van der Waals surface area contributed by atoms with Gasteiger partial charge in [-0.2, -0.15) is 5.10 Å². The van der Waals surface area contributed by atoms with Gasteiger partial charge in [0.25, 0.3) is 11.5 Å². The number of rotatable bonds is 5. The van der Waals surface area contributed by atoms with Crippen molar-refractivity contribution in [1.82, 2.24) is 24.9 Å². The van der Waals surface area contributed by atoms with Crippen molar-refractivity contribution in [2.24, 2.45) is 0 Å². The summed E-state index contributed by atoms with van der Waals surface area (Å²) in [5.74, 6) is 0.162. The van der Waals surface area contributed by atoms with Crippen LogP contribution in [-0.4, -0.2) is 32.0 Å². The molecule has 0 saturated heterocycles.